The van der Waals surface area contributed by atoms with E-state index in [4.69, 9.17) is 4.42 Å². The second kappa shape index (κ2) is 7.61. The normalized spacial score (nSPS) is 16.4. The van der Waals surface area contributed by atoms with Crippen LogP contribution in [0.25, 0.3) is 0 Å². The van der Waals surface area contributed by atoms with Crippen molar-refractivity contribution in [1.82, 2.24) is 10.3 Å². The first kappa shape index (κ1) is 18.6. The predicted octanol–water partition coefficient (Wildman–Crippen LogP) is 3.33. The van der Waals surface area contributed by atoms with Gasteiger partial charge in [0.25, 0.3) is 0 Å². The molecule has 1 saturated carbocycles. The summed E-state index contributed by atoms with van der Waals surface area (Å²) in [6.07, 6.45) is 4.59. The van der Waals surface area contributed by atoms with Gasteiger partial charge in [-0.25, -0.2) is 4.98 Å². The quantitative estimate of drug-likeness (QED) is 0.835. The molecule has 1 aliphatic rings. The molecule has 0 aromatic carbocycles. The highest BCUT2D eigenvalue weighted by atomic mass is 32.1. The fourth-order valence-corrected chi connectivity index (χ4v) is 4.34. The smallest absolute Gasteiger partial charge is 0.227 e. The summed E-state index contributed by atoms with van der Waals surface area (Å²) in [4.78, 5) is 29.0. The largest absolute Gasteiger partial charge is 0.502 e. The molecule has 0 bridgehead atoms. The summed E-state index contributed by atoms with van der Waals surface area (Å²) in [7, 11) is 0. The number of nitrogens with one attached hydrogen (secondary N) is 1. The molecule has 0 unspecified atom stereocenters. The van der Waals surface area contributed by atoms with Crippen LogP contribution in [-0.4, -0.2) is 16.0 Å². The number of rotatable bonds is 5. The number of carbonyl (C=O) groups excluding carboxylic acids is 1. The van der Waals surface area contributed by atoms with Crippen molar-refractivity contribution in [1.29, 1.82) is 0 Å². The van der Waals surface area contributed by atoms with E-state index in [0.29, 0.717) is 12.3 Å². The molecule has 0 aliphatic heterocycles. The van der Waals surface area contributed by atoms with Gasteiger partial charge in [-0.1, -0.05) is 19.3 Å². The molecule has 3 rings (SSSR count). The van der Waals surface area contributed by atoms with Crippen LogP contribution >= 0.6 is 11.3 Å². The van der Waals surface area contributed by atoms with E-state index in [-0.39, 0.29) is 23.8 Å². The minimum absolute atomic E-state index is 0.124. The lowest BCUT2D eigenvalue weighted by atomic mass is 9.69. The van der Waals surface area contributed by atoms with Gasteiger partial charge in [0.1, 0.15) is 5.76 Å². The molecule has 7 heteroatoms. The molecule has 26 heavy (non-hydrogen) atoms. The van der Waals surface area contributed by atoms with Gasteiger partial charge in [-0.2, -0.15) is 0 Å². The zero-order valence-corrected chi connectivity index (χ0v) is 15.9. The van der Waals surface area contributed by atoms with E-state index in [1.54, 1.807) is 18.3 Å². The van der Waals surface area contributed by atoms with Gasteiger partial charge >= 0.3 is 0 Å². The molecule has 1 amide bonds. The maximum absolute atomic E-state index is 12.6. The molecular formula is C19H24N2O4S. The summed E-state index contributed by atoms with van der Waals surface area (Å²) >= 11 is 1.55. The van der Waals surface area contributed by atoms with E-state index < -0.39 is 10.8 Å². The number of aromatic nitrogens is 1. The van der Waals surface area contributed by atoms with Crippen molar-refractivity contribution in [3.63, 3.8) is 0 Å². The highest BCUT2D eigenvalue weighted by Gasteiger charge is 2.41. The first-order chi connectivity index (χ1) is 12.4. The number of aryl methyl sites for hydroxylation is 2. The third kappa shape index (κ3) is 3.98. The fraction of sp³-hybridized carbons (Fsp3) is 0.526. The first-order valence-electron chi connectivity index (χ1n) is 8.91. The minimum atomic E-state index is -0.629. The molecule has 6 nitrogen and oxygen atoms in total. The average Bonchev–Trinajstić information content (AvgIpc) is 3.02. The number of nitrogens with zero attached hydrogens (tertiary/aromatic N) is 1. The van der Waals surface area contributed by atoms with Crippen molar-refractivity contribution in [2.75, 3.05) is 0 Å². The number of aromatic hydroxyl groups is 1. The van der Waals surface area contributed by atoms with Crippen LogP contribution in [-0.2, 0) is 16.8 Å². The van der Waals surface area contributed by atoms with E-state index in [1.165, 1.54) is 6.07 Å². The minimum Gasteiger partial charge on any atom is -0.502 e. The molecule has 0 spiro atoms. The monoisotopic (exact) mass is 376 g/mol. The van der Waals surface area contributed by atoms with Crippen LogP contribution < -0.4 is 10.7 Å². The average molecular weight is 376 g/mol. The Morgan fingerprint density at radius 1 is 1.35 bits per heavy atom. The Morgan fingerprint density at radius 3 is 2.73 bits per heavy atom. The van der Waals surface area contributed by atoms with Gasteiger partial charge in [-0.15, -0.1) is 11.3 Å². The zero-order valence-electron chi connectivity index (χ0n) is 15.1. The standard InChI is InChI=1S/C19H24N2O4S/c1-12-8-15(22)17(24)18(25-12)19(6-4-3-5-7-19)9-16(23)20-10-14-11-26-13(2)21-14/h8,11,24H,3-7,9-10H2,1-2H3,(H,20,23). The lowest BCUT2D eigenvalue weighted by Gasteiger charge is -2.36. The Labute approximate surface area is 156 Å². The third-order valence-corrected chi connectivity index (χ3v) is 5.79. The summed E-state index contributed by atoms with van der Waals surface area (Å²) < 4.78 is 5.76. The summed E-state index contributed by atoms with van der Waals surface area (Å²) in [5.74, 6) is 0.231. The van der Waals surface area contributed by atoms with Gasteiger partial charge in [0.15, 0.2) is 5.76 Å². The summed E-state index contributed by atoms with van der Waals surface area (Å²) in [5, 5.41) is 16.1. The summed E-state index contributed by atoms with van der Waals surface area (Å²) in [6, 6.07) is 1.28. The topological polar surface area (TPSA) is 92.4 Å². The summed E-state index contributed by atoms with van der Waals surface area (Å²) in [5.41, 5.74) is -0.245. The van der Waals surface area contributed by atoms with Gasteiger partial charge in [0.05, 0.1) is 17.2 Å². The number of amides is 1. The molecule has 140 valence electrons. The van der Waals surface area contributed by atoms with Crippen LogP contribution in [0.1, 0.15) is 60.7 Å². The first-order valence-corrected chi connectivity index (χ1v) is 9.79. The Hall–Kier alpha value is -2.15. The Morgan fingerprint density at radius 2 is 2.08 bits per heavy atom. The van der Waals surface area contributed by atoms with Gasteiger partial charge in [0.2, 0.25) is 17.1 Å². The SMILES string of the molecule is Cc1cc(=O)c(O)c(C2(CC(=O)NCc3csc(C)n3)CCCCC2)o1. The van der Waals surface area contributed by atoms with Crippen LogP contribution in [0, 0.1) is 13.8 Å². The lowest BCUT2D eigenvalue weighted by molar-refractivity contribution is -0.123. The van der Waals surface area contributed by atoms with Crippen LogP contribution in [0.4, 0.5) is 0 Å². The maximum Gasteiger partial charge on any atom is 0.227 e. The maximum atomic E-state index is 12.6. The number of carbonyl (C=O) groups is 1. The highest BCUT2D eigenvalue weighted by Crippen LogP contribution is 2.44. The van der Waals surface area contributed by atoms with Crippen molar-refractivity contribution in [3.05, 3.63) is 43.9 Å². The Balaban J connectivity index is 1.81. The zero-order chi connectivity index (χ0) is 18.7. The number of hydrogen-bond donors (Lipinski definition) is 2. The van der Waals surface area contributed by atoms with Gasteiger partial charge in [-0.3, -0.25) is 9.59 Å². The molecule has 2 aromatic heterocycles. The van der Waals surface area contributed by atoms with E-state index in [9.17, 15) is 14.7 Å². The van der Waals surface area contributed by atoms with Crippen molar-refractivity contribution >= 4 is 17.2 Å². The fourth-order valence-electron chi connectivity index (χ4n) is 3.72. The number of hydrogen-bond acceptors (Lipinski definition) is 6. The number of thiazole rings is 1. The van der Waals surface area contributed by atoms with Gasteiger partial charge < -0.3 is 14.8 Å². The molecule has 0 radical (unpaired) electrons. The van der Waals surface area contributed by atoms with Crippen LogP contribution in [0.15, 0.2) is 20.7 Å². The molecule has 2 aromatic rings. The van der Waals surface area contributed by atoms with Gasteiger partial charge in [-0.05, 0) is 26.7 Å². The van der Waals surface area contributed by atoms with Crippen molar-refractivity contribution < 1.29 is 14.3 Å². The van der Waals surface area contributed by atoms with Crippen LogP contribution in [0.2, 0.25) is 0 Å². The van der Waals surface area contributed by atoms with E-state index in [0.717, 1.165) is 42.8 Å². The molecule has 2 heterocycles. The predicted molar refractivity (Wildman–Crippen MR) is 99.5 cm³/mol. The molecule has 1 fully saturated rings. The van der Waals surface area contributed by atoms with Crippen molar-refractivity contribution in [2.45, 2.75) is 64.3 Å². The molecular weight excluding hydrogens is 352 g/mol. The highest BCUT2D eigenvalue weighted by molar-refractivity contribution is 7.09. The van der Waals surface area contributed by atoms with Crippen LogP contribution in [0.3, 0.4) is 0 Å². The van der Waals surface area contributed by atoms with Crippen molar-refractivity contribution in [3.8, 4) is 5.75 Å². The molecule has 0 atom stereocenters. The Kier molecular flexibility index (Phi) is 5.46. The molecule has 0 saturated heterocycles. The second-order valence-corrected chi connectivity index (χ2v) is 8.11. The molecule has 2 N–H and O–H groups in total. The second-order valence-electron chi connectivity index (χ2n) is 7.05. The van der Waals surface area contributed by atoms with Crippen LogP contribution in [0.5, 0.6) is 5.75 Å². The van der Waals surface area contributed by atoms with E-state index in [2.05, 4.69) is 10.3 Å². The Bertz CT molecular complexity index is 849. The van der Waals surface area contributed by atoms with Crippen molar-refractivity contribution in [2.24, 2.45) is 0 Å². The van der Waals surface area contributed by atoms with Gasteiger partial charge in [0, 0.05) is 23.3 Å². The summed E-state index contributed by atoms with van der Waals surface area (Å²) in [6.45, 7) is 3.99. The van der Waals surface area contributed by atoms with E-state index in [1.807, 2.05) is 12.3 Å². The lowest BCUT2D eigenvalue weighted by Crippen LogP contribution is -2.37. The third-order valence-electron chi connectivity index (χ3n) is 4.97. The molecule has 1 aliphatic carbocycles. The van der Waals surface area contributed by atoms with E-state index >= 15 is 0 Å².